The first-order chi connectivity index (χ1) is 8.54. The molecule has 6 nitrogen and oxygen atoms in total. The van der Waals surface area contributed by atoms with Gasteiger partial charge < -0.3 is 30.3 Å². The highest BCUT2D eigenvalue weighted by atomic mass is 16.5. The van der Waals surface area contributed by atoms with Gasteiger partial charge in [0.05, 0.1) is 6.61 Å². The minimum absolute atomic E-state index is 0.00413. The van der Waals surface area contributed by atoms with Gasteiger partial charge in [0.25, 0.3) is 0 Å². The van der Waals surface area contributed by atoms with Gasteiger partial charge in [0.15, 0.2) is 0 Å². The molecule has 0 aliphatic carbocycles. The molecule has 1 aromatic rings. The first-order valence-electron chi connectivity index (χ1n) is 5.64. The van der Waals surface area contributed by atoms with Crippen LogP contribution in [0.1, 0.15) is 11.7 Å². The summed E-state index contributed by atoms with van der Waals surface area (Å²) in [7, 11) is 0. The SMILES string of the molecule is OC[C@H]1OC(c2cccc(O)c2)[C@@H](O)[C@@H](O)[C@@H]1O. The van der Waals surface area contributed by atoms with Crippen LogP contribution in [0, 0.1) is 0 Å². The molecular weight excluding hydrogens is 240 g/mol. The number of phenolic OH excluding ortho intramolecular Hbond substituents is 1. The van der Waals surface area contributed by atoms with Crippen LogP contribution >= 0.6 is 0 Å². The van der Waals surface area contributed by atoms with Gasteiger partial charge in [-0.15, -0.1) is 0 Å². The quantitative estimate of drug-likeness (QED) is 0.460. The molecule has 0 radical (unpaired) electrons. The first kappa shape index (κ1) is 13.3. The van der Waals surface area contributed by atoms with E-state index in [0.29, 0.717) is 5.56 Å². The lowest BCUT2D eigenvalue weighted by atomic mass is 9.91. The van der Waals surface area contributed by atoms with E-state index < -0.39 is 37.1 Å². The van der Waals surface area contributed by atoms with Gasteiger partial charge in [-0.2, -0.15) is 0 Å². The van der Waals surface area contributed by atoms with Crippen molar-refractivity contribution in [1.82, 2.24) is 0 Å². The average molecular weight is 256 g/mol. The summed E-state index contributed by atoms with van der Waals surface area (Å²) in [6.45, 7) is -0.472. The largest absolute Gasteiger partial charge is 0.508 e. The van der Waals surface area contributed by atoms with Crippen molar-refractivity contribution in [2.24, 2.45) is 0 Å². The van der Waals surface area contributed by atoms with Crippen molar-refractivity contribution in [1.29, 1.82) is 0 Å². The number of aliphatic hydroxyl groups is 4. The van der Waals surface area contributed by atoms with Gasteiger partial charge in [0.2, 0.25) is 0 Å². The molecule has 1 fully saturated rings. The van der Waals surface area contributed by atoms with Crippen LogP contribution in [0.5, 0.6) is 5.75 Å². The van der Waals surface area contributed by atoms with Gasteiger partial charge in [-0.05, 0) is 17.7 Å². The Bertz CT molecular complexity index is 407. The molecule has 1 aliphatic rings. The Morgan fingerprint density at radius 1 is 1.06 bits per heavy atom. The smallest absolute Gasteiger partial charge is 0.115 e. The second kappa shape index (κ2) is 5.21. The molecule has 0 aromatic heterocycles. The molecule has 1 aliphatic heterocycles. The second-order valence-corrected chi connectivity index (χ2v) is 4.34. The van der Waals surface area contributed by atoms with Crippen molar-refractivity contribution >= 4 is 0 Å². The van der Waals surface area contributed by atoms with E-state index in [4.69, 9.17) is 9.84 Å². The normalized spacial score (nSPS) is 36.6. The predicted octanol–water partition coefficient (Wildman–Crippen LogP) is -1.09. The Balaban J connectivity index is 2.27. The maximum absolute atomic E-state index is 9.87. The minimum Gasteiger partial charge on any atom is -0.508 e. The van der Waals surface area contributed by atoms with Crippen LogP contribution in [-0.2, 0) is 4.74 Å². The Morgan fingerprint density at radius 2 is 1.78 bits per heavy atom. The molecule has 5 N–H and O–H groups in total. The molecule has 0 bridgehead atoms. The summed E-state index contributed by atoms with van der Waals surface area (Å²) >= 11 is 0. The van der Waals surface area contributed by atoms with E-state index >= 15 is 0 Å². The van der Waals surface area contributed by atoms with Crippen molar-refractivity contribution in [3.05, 3.63) is 29.8 Å². The number of phenols is 1. The molecule has 2 rings (SSSR count). The second-order valence-electron chi connectivity index (χ2n) is 4.34. The number of benzene rings is 1. The molecule has 1 aromatic carbocycles. The zero-order valence-corrected chi connectivity index (χ0v) is 9.55. The molecular formula is C12H16O6. The topological polar surface area (TPSA) is 110 Å². The van der Waals surface area contributed by atoms with E-state index in [0.717, 1.165) is 0 Å². The van der Waals surface area contributed by atoms with Gasteiger partial charge in [0.1, 0.15) is 36.3 Å². The molecule has 0 saturated carbocycles. The maximum Gasteiger partial charge on any atom is 0.115 e. The van der Waals surface area contributed by atoms with Gasteiger partial charge in [-0.3, -0.25) is 0 Å². The molecule has 1 unspecified atom stereocenters. The summed E-state index contributed by atoms with van der Waals surface area (Å²) in [5.74, 6) is 0.00413. The molecule has 1 saturated heterocycles. The molecule has 1 heterocycles. The van der Waals surface area contributed by atoms with Crippen LogP contribution < -0.4 is 0 Å². The maximum atomic E-state index is 9.87. The van der Waals surface area contributed by atoms with E-state index in [1.807, 2.05) is 0 Å². The average Bonchev–Trinajstić information content (AvgIpc) is 2.36. The fourth-order valence-corrected chi connectivity index (χ4v) is 2.08. The fourth-order valence-electron chi connectivity index (χ4n) is 2.08. The Labute approximate surface area is 104 Å². The highest BCUT2D eigenvalue weighted by molar-refractivity contribution is 5.30. The predicted molar refractivity (Wildman–Crippen MR) is 60.8 cm³/mol. The van der Waals surface area contributed by atoms with Crippen LogP contribution in [0.3, 0.4) is 0 Å². The summed E-state index contributed by atoms with van der Waals surface area (Å²) in [5.41, 5.74) is 0.465. The van der Waals surface area contributed by atoms with E-state index in [1.165, 1.54) is 12.1 Å². The number of aromatic hydroxyl groups is 1. The van der Waals surface area contributed by atoms with E-state index in [2.05, 4.69) is 0 Å². The van der Waals surface area contributed by atoms with Gasteiger partial charge in [0, 0.05) is 0 Å². The molecule has 5 atom stereocenters. The zero-order chi connectivity index (χ0) is 13.3. The highest BCUT2D eigenvalue weighted by Crippen LogP contribution is 2.33. The Kier molecular flexibility index (Phi) is 3.84. The van der Waals surface area contributed by atoms with E-state index in [-0.39, 0.29) is 5.75 Å². The van der Waals surface area contributed by atoms with Gasteiger partial charge in [-0.25, -0.2) is 0 Å². The van der Waals surface area contributed by atoms with Crippen LogP contribution in [0.2, 0.25) is 0 Å². The summed E-state index contributed by atoms with van der Waals surface area (Å²) in [4.78, 5) is 0. The third-order valence-electron chi connectivity index (χ3n) is 3.09. The zero-order valence-electron chi connectivity index (χ0n) is 9.55. The summed E-state index contributed by atoms with van der Waals surface area (Å²) in [5, 5.41) is 47.6. The Morgan fingerprint density at radius 3 is 2.39 bits per heavy atom. The summed E-state index contributed by atoms with van der Waals surface area (Å²) in [6, 6.07) is 6.05. The fraction of sp³-hybridized carbons (Fsp3) is 0.500. The lowest BCUT2D eigenvalue weighted by molar-refractivity contribution is -0.231. The lowest BCUT2D eigenvalue weighted by Crippen LogP contribution is -2.55. The molecule has 100 valence electrons. The Hall–Kier alpha value is -1.18. The number of ether oxygens (including phenoxy) is 1. The number of rotatable bonds is 2. The molecule has 18 heavy (non-hydrogen) atoms. The number of aliphatic hydroxyl groups excluding tert-OH is 4. The highest BCUT2D eigenvalue weighted by Gasteiger charge is 2.43. The standard InChI is InChI=1S/C12H16O6/c13-5-8-9(15)10(16)11(17)12(18-8)6-2-1-3-7(14)4-6/h1-4,8-17H,5H2/t8-,9-,10+,11+,12?/m1/s1. The monoisotopic (exact) mass is 256 g/mol. The van der Waals surface area contributed by atoms with Crippen molar-refractivity contribution in [3.8, 4) is 5.75 Å². The summed E-state index contributed by atoms with van der Waals surface area (Å²) in [6.07, 6.45) is -5.98. The van der Waals surface area contributed by atoms with Crippen molar-refractivity contribution < 1.29 is 30.3 Å². The van der Waals surface area contributed by atoms with Crippen LogP contribution in [0.15, 0.2) is 24.3 Å². The van der Waals surface area contributed by atoms with Crippen molar-refractivity contribution in [2.45, 2.75) is 30.5 Å². The summed E-state index contributed by atoms with van der Waals surface area (Å²) < 4.78 is 5.35. The third kappa shape index (κ3) is 2.33. The van der Waals surface area contributed by atoms with Crippen molar-refractivity contribution in [2.75, 3.05) is 6.61 Å². The van der Waals surface area contributed by atoms with Gasteiger partial charge in [-0.1, -0.05) is 12.1 Å². The molecule has 0 spiro atoms. The van der Waals surface area contributed by atoms with Crippen LogP contribution in [0.25, 0.3) is 0 Å². The first-order valence-corrected chi connectivity index (χ1v) is 5.64. The minimum atomic E-state index is -1.41. The van der Waals surface area contributed by atoms with Gasteiger partial charge >= 0.3 is 0 Å². The molecule has 6 heteroatoms. The van der Waals surface area contributed by atoms with E-state index in [1.54, 1.807) is 12.1 Å². The van der Waals surface area contributed by atoms with Crippen molar-refractivity contribution in [3.63, 3.8) is 0 Å². The van der Waals surface area contributed by atoms with E-state index in [9.17, 15) is 20.4 Å². The van der Waals surface area contributed by atoms with Crippen LogP contribution in [-0.4, -0.2) is 56.6 Å². The lowest BCUT2D eigenvalue weighted by Gasteiger charge is -2.40. The number of hydrogen-bond acceptors (Lipinski definition) is 6. The number of hydrogen-bond donors (Lipinski definition) is 5. The molecule has 0 amide bonds. The third-order valence-corrected chi connectivity index (χ3v) is 3.09. The van der Waals surface area contributed by atoms with Crippen LogP contribution in [0.4, 0.5) is 0 Å².